The third-order valence-corrected chi connectivity index (χ3v) is 14.1. The number of amides is 1. The zero-order valence-corrected chi connectivity index (χ0v) is 44.0. The van der Waals surface area contributed by atoms with E-state index >= 15 is 0 Å². The van der Waals surface area contributed by atoms with Crippen LogP contribution in [-0.4, -0.2) is 73.4 Å². The number of unbranched alkanes of at least 4 members (excludes halogenated alkanes) is 39. The molecule has 9 heteroatoms. The predicted molar refractivity (Wildman–Crippen MR) is 272 cm³/mol. The molecule has 1 amide bonds. The van der Waals surface area contributed by atoms with Crippen molar-refractivity contribution in [2.45, 2.75) is 302 Å². The summed E-state index contributed by atoms with van der Waals surface area (Å²) in [5.74, 6) is -0.137. The van der Waals surface area contributed by atoms with Gasteiger partial charge in [-0.05, 0) is 12.8 Å². The number of aliphatic hydroxyl groups is 1. The van der Waals surface area contributed by atoms with Gasteiger partial charge in [-0.1, -0.05) is 271 Å². The highest BCUT2D eigenvalue weighted by Crippen LogP contribution is 2.43. The lowest BCUT2D eigenvalue weighted by Crippen LogP contribution is -2.46. The van der Waals surface area contributed by atoms with Crippen molar-refractivity contribution >= 4 is 13.7 Å². The van der Waals surface area contributed by atoms with Crippen LogP contribution in [0.5, 0.6) is 0 Å². The Balaban J connectivity index is 4.05. The molecule has 0 aliphatic heterocycles. The first-order chi connectivity index (χ1) is 30.5. The number of hydrogen-bond acceptors (Lipinski definition) is 5. The van der Waals surface area contributed by atoms with Crippen LogP contribution in [0.15, 0.2) is 0 Å². The minimum Gasteiger partial charge on any atom is -0.391 e. The van der Waals surface area contributed by atoms with Crippen LogP contribution in [0.25, 0.3) is 0 Å². The summed E-state index contributed by atoms with van der Waals surface area (Å²) in [5, 5.41) is 14.0. The number of phosphoric ester groups is 1. The summed E-state index contributed by atoms with van der Waals surface area (Å²) in [6.07, 6.45) is 54.4. The molecule has 0 aromatic heterocycles. The van der Waals surface area contributed by atoms with Crippen LogP contribution >= 0.6 is 7.82 Å². The molecular formula is C54H112N2O6P+. The molecule has 0 rings (SSSR count). The Morgan fingerprint density at radius 3 is 1.06 bits per heavy atom. The number of nitrogens with zero attached hydrogens (tertiary/aromatic N) is 1. The normalized spacial score (nSPS) is 14.0. The van der Waals surface area contributed by atoms with Crippen molar-refractivity contribution in [3.63, 3.8) is 0 Å². The molecule has 0 radical (unpaired) electrons. The topological polar surface area (TPSA) is 105 Å². The van der Waals surface area contributed by atoms with Crippen LogP contribution in [0.2, 0.25) is 0 Å². The molecule has 0 bridgehead atoms. The highest BCUT2D eigenvalue weighted by molar-refractivity contribution is 7.47. The number of phosphoric acid groups is 1. The third kappa shape index (κ3) is 49.2. The van der Waals surface area contributed by atoms with Crippen LogP contribution in [-0.2, 0) is 18.4 Å². The van der Waals surface area contributed by atoms with Crippen molar-refractivity contribution in [1.82, 2.24) is 5.32 Å². The van der Waals surface area contributed by atoms with Crippen LogP contribution in [0, 0.1) is 0 Å². The van der Waals surface area contributed by atoms with Crippen molar-refractivity contribution in [2.75, 3.05) is 40.9 Å². The minimum absolute atomic E-state index is 0.0789. The van der Waals surface area contributed by atoms with Gasteiger partial charge in [0.2, 0.25) is 5.91 Å². The summed E-state index contributed by atoms with van der Waals surface area (Å²) in [6.45, 7) is 4.93. The molecule has 0 saturated carbocycles. The van der Waals surface area contributed by atoms with E-state index in [4.69, 9.17) is 9.05 Å². The lowest BCUT2D eigenvalue weighted by atomic mass is 10.0. The summed E-state index contributed by atoms with van der Waals surface area (Å²) in [7, 11) is 1.63. The third-order valence-electron chi connectivity index (χ3n) is 13.1. The molecule has 8 nitrogen and oxygen atoms in total. The summed E-state index contributed by atoms with van der Waals surface area (Å²) in [6, 6.07) is -0.754. The molecule has 0 saturated heterocycles. The standard InChI is InChI=1S/C54H111N2O6P/c1-6-8-10-12-14-16-18-20-22-23-24-25-26-27-28-29-30-31-32-33-34-36-38-40-42-44-46-48-54(58)55-52(51-62-63(59,60)61-50-49-56(3,4)5)53(57)47-45-43-41-39-37-35-21-19-17-15-13-11-9-7-2/h52-53,57H,6-51H2,1-5H3,(H-,55,58,59,60)/p+1. The van der Waals surface area contributed by atoms with Gasteiger partial charge in [-0.15, -0.1) is 0 Å². The van der Waals surface area contributed by atoms with Crippen molar-refractivity contribution in [1.29, 1.82) is 0 Å². The molecule has 3 N–H and O–H groups in total. The van der Waals surface area contributed by atoms with E-state index < -0.39 is 20.0 Å². The van der Waals surface area contributed by atoms with Gasteiger partial charge in [0, 0.05) is 6.42 Å². The maximum Gasteiger partial charge on any atom is 0.472 e. The maximum absolute atomic E-state index is 13.0. The highest BCUT2D eigenvalue weighted by atomic mass is 31.2. The number of nitrogens with one attached hydrogen (secondary N) is 1. The average Bonchev–Trinajstić information content (AvgIpc) is 3.24. The molecule has 3 atom stereocenters. The molecule has 0 aromatic rings. The Morgan fingerprint density at radius 2 is 0.762 bits per heavy atom. The van der Waals surface area contributed by atoms with Crippen molar-refractivity contribution in [3.05, 3.63) is 0 Å². The van der Waals surface area contributed by atoms with Gasteiger partial charge in [0.15, 0.2) is 0 Å². The Morgan fingerprint density at radius 1 is 0.476 bits per heavy atom. The second kappa shape index (κ2) is 46.6. The molecule has 0 heterocycles. The quantitative estimate of drug-likeness (QED) is 0.0319. The van der Waals surface area contributed by atoms with Crippen molar-refractivity contribution in [2.24, 2.45) is 0 Å². The Kier molecular flexibility index (Phi) is 46.2. The van der Waals surface area contributed by atoms with Gasteiger partial charge in [0.1, 0.15) is 13.2 Å². The summed E-state index contributed by atoms with van der Waals surface area (Å²) >= 11 is 0. The lowest BCUT2D eigenvalue weighted by molar-refractivity contribution is -0.870. The molecule has 3 unspecified atom stereocenters. The van der Waals surface area contributed by atoms with E-state index in [-0.39, 0.29) is 19.1 Å². The van der Waals surface area contributed by atoms with E-state index in [1.165, 1.54) is 225 Å². The van der Waals surface area contributed by atoms with Crippen molar-refractivity contribution in [3.8, 4) is 0 Å². The van der Waals surface area contributed by atoms with E-state index in [0.717, 1.165) is 38.5 Å². The second-order valence-electron chi connectivity index (χ2n) is 20.7. The number of hydrogen-bond donors (Lipinski definition) is 3. The van der Waals surface area contributed by atoms with Gasteiger partial charge in [0.25, 0.3) is 0 Å². The smallest absolute Gasteiger partial charge is 0.391 e. The lowest BCUT2D eigenvalue weighted by Gasteiger charge is -2.26. The second-order valence-corrected chi connectivity index (χ2v) is 22.1. The molecule has 0 fully saturated rings. The van der Waals surface area contributed by atoms with Gasteiger partial charge in [0.05, 0.1) is 39.9 Å². The minimum atomic E-state index is -4.31. The molecule has 378 valence electrons. The Hall–Kier alpha value is -0.500. The number of quaternary nitrogens is 1. The highest BCUT2D eigenvalue weighted by Gasteiger charge is 2.28. The fourth-order valence-electron chi connectivity index (χ4n) is 8.70. The zero-order valence-electron chi connectivity index (χ0n) is 43.1. The van der Waals surface area contributed by atoms with Crippen LogP contribution in [0.1, 0.15) is 290 Å². The number of aliphatic hydroxyl groups excluding tert-OH is 1. The van der Waals surface area contributed by atoms with Crippen molar-refractivity contribution < 1.29 is 32.9 Å². The SMILES string of the molecule is CCCCCCCCCCCCCCCCCCCCCCCCCCCCCC(=O)NC(COP(=O)(O)OCC[N+](C)(C)C)C(O)CCCCCCCCCCCCCCCC. The van der Waals surface area contributed by atoms with Gasteiger partial charge >= 0.3 is 7.82 Å². The van der Waals surface area contributed by atoms with Gasteiger partial charge < -0.3 is 19.8 Å². The summed E-state index contributed by atoms with van der Waals surface area (Å²) in [4.78, 5) is 23.3. The maximum atomic E-state index is 13.0. The molecular weight excluding hydrogens is 804 g/mol. The monoisotopic (exact) mass is 916 g/mol. The first-order valence-electron chi connectivity index (χ1n) is 27.9. The molecule has 0 spiro atoms. The Labute approximate surface area is 393 Å². The van der Waals surface area contributed by atoms with Crippen LogP contribution in [0.3, 0.4) is 0 Å². The van der Waals surface area contributed by atoms with Gasteiger partial charge in [-0.25, -0.2) is 4.57 Å². The molecule has 0 aliphatic rings. The first kappa shape index (κ1) is 62.5. The number of rotatable bonds is 52. The van der Waals surface area contributed by atoms with E-state index in [1.807, 2.05) is 21.1 Å². The van der Waals surface area contributed by atoms with Gasteiger partial charge in [-0.3, -0.25) is 13.8 Å². The summed E-state index contributed by atoms with van der Waals surface area (Å²) in [5.41, 5.74) is 0. The molecule has 63 heavy (non-hydrogen) atoms. The van der Waals surface area contributed by atoms with E-state index in [0.29, 0.717) is 23.9 Å². The number of carbonyl (C=O) groups is 1. The fraction of sp³-hybridized carbons (Fsp3) is 0.981. The number of carbonyl (C=O) groups excluding carboxylic acids is 1. The first-order valence-corrected chi connectivity index (χ1v) is 29.4. The number of likely N-dealkylation sites (N-methyl/N-ethyl adjacent to an activating group) is 1. The fourth-order valence-corrected chi connectivity index (χ4v) is 9.43. The van der Waals surface area contributed by atoms with E-state index in [9.17, 15) is 19.4 Å². The molecule has 0 aliphatic carbocycles. The Bertz CT molecular complexity index is 994. The van der Waals surface area contributed by atoms with E-state index in [1.54, 1.807) is 0 Å². The van der Waals surface area contributed by atoms with Crippen LogP contribution < -0.4 is 5.32 Å². The van der Waals surface area contributed by atoms with Gasteiger partial charge in [-0.2, -0.15) is 0 Å². The summed E-state index contributed by atoms with van der Waals surface area (Å²) < 4.78 is 23.7. The zero-order chi connectivity index (χ0) is 46.4. The molecule has 0 aromatic carbocycles. The largest absolute Gasteiger partial charge is 0.472 e. The van der Waals surface area contributed by atoms with E-state index in [2.05, 4.69) is 19.2 Å². The average molecular weight is 916 g/mol. The predicted octanol–water partition coefficient (Wildman–Crippen LogP) is 16.5. The van der Waals surface area contributed by atoms with Crippen LogP contribution in [0.4, 0.5) is 0 Å².